The van der Waals surface area contributed by atoms with Crippen molar-refractivity contribution in [1.82, 2.24) is 4.57 Å². The molecule has 2 heterocycles. The first-order chi connectivity index (χ1) is 20.1. The van der Waals surface area contributed by atoms with E-state index in [4.69, 9.17) is 14.2 Å². The average molecular weight is 639 g/mol. The summed E-state index contributed by atoms with van der Waals surface area (Å²) in [7, 11) is 0. The highest BCUT2D eigenvalue weighted by molar-refractivity contribution is 8.00. The zero-order valence-electron chi connectivity index (χ0n) is 23.4. The van der Waals surface area contributed by atoms with Gasteiger partial charge < -0.3 is 24.1 Å². The maximum atomic E-state index is 12.7. The number of anilines is 1. The number of hydrogen-bond acceptors (Lipinski definition) is 12. The fraction of sp³-hybridized carbons (Fsp3) is 0.423. The van der Waals surface area contributed by atoms with Gasteiger partial charge in [0.15, 0.2) is 4.80 Å². The number of carbonyl (C=O) groups is 4. The van der Waals surface area contributed by atoms with E-state index in [9.17, 15) is 29.3 Å². The van der Waals surface area contributed by atoms with Crippen molar-refractivity contribution in [2.24, 2.45) is 4.99 Å². The van der Waals surface area contributed by atoms with Gasteiger partial charge in [0.1, 0.15) is 9.88 Å². The summed E-state index contributed by atoms with van der Waals surface area (Å²) in [5.74, 6) is -2.51. The zero-order valence-corrected chi connectivity index (χ0v) is 25.9. The van der Waals surface area contributed by atoms with Gasteiger partial charge in [0, 0.05) is 25.3 Å². The number of esters is 2. The van der Waals surface area contributed by atoms with Crippen LogP contribution in [0.25, 0.3) is 10.2 Å². The Morgan fingerprint density at radius 1 is 1.05 bits per heavy atom. The van der Waals surface area contributed by atoms with Gasteiger partial charge in [-0.3, -0.25) is 19.7 Å². The lowest BCUT2D eigenvalue weighted by molar-refractivity contribution is -0.384. The Labute approximate surface area is 253 Å². The molecule has 3 aromatic rings. The third-order valence-electron chi connectivity index (χ3n) is 5.56. The van der Waals surface area contributed by atoms with E-state index in [2.05, 4.69) is 10.3 Å². The molecule has 0 spiro atoms. The first-order valence-corrected chi connectivity index (χ1v) is 15.7. The molecule has 0 aliphatic rings. The van der Waals surface area contributed by atoms with Gasteiger partial charge in [0.2, 0.25) is 5.91 Å². The van der Waals surface area contributed by atoms with Crippen molar-refractivity contribution < 1.29 is 38.3 Å². The summed E-state index contributed by atoms with van der Waals surface area (Å²) < 4.78 is 18.0. The molecule has 42 heavy (non-hydrogen) atoms. The van der Waals surface area contributed by atoms with Crippen LogP contribution in [0.4, 0.5) is 10.7 Å². The monoisotopic (exact) mass is 638 g/mol. The molecule has 13 nitrogen and oxygen atoms in total. The van der Waals surface area contributed by atoms with E-state index in [1.807, 2.05) is 6.92 Å². The molecule has 0 atom stereocenters. The molecule has 16 heteroatoms. The van der Waals surface area contributed by atoms with Gasteiger partial charge in [-0.1, -0.05) is 11.3 Å². The van der Waals surface area contributed by atoms with Gasteiger partial charge in [0.05, 0.1) is 52.0 Å². The maximum absolute atomic E-state index is 12.7. The van der Waals surface area contributed by atoms with Gasteiger partial charge >= 0.3 is 11.9 Å². The molecule has 0 aliphatic heterocycles. The van der Waals surface area contributed by atoms with Crippen molar-refractivity contribution in [3.05, 3.63) is 49.1 Å². The molecule has 0 radical (unpaired) electrons. The molecule has 0 saturated carbocycles. The number of nitro groups is 1. The Kier molecular flexibility index (Phi) is 12.2. The second-order valence-corrected chi connectivity index (χ2v) is 11.4. The minimum Gasteiger partial charge on any atom is -0.462 e. The first kappa shape index (κ1) is 32.9. The number of ether oxygens (including phenoxy) is 3. The van der Waals surface area contributed by atoms with Crippen molar-refractivity contribution in [1.29, 1.82) is 0 Å². The number of thioether (sulfide) groups is 1. The molecular formula is C26H30N4O9S3. The Balaban J connectivity index is 1.73. The van der Waals surface area contributed by atoms with Gasteiger partial charge in [-0.15, -0.1) is 23.1 Å². The number of non-ortho nitro benzene ring substituents is 1. The summed E-state index contributed by atoms with van der Waals surface area (Å²) in [6.07, 6.45) is 0. The number of thiazole rings is 1. The molecule has 0 saturated heterocycles. The second kappa shape index (κ2) is 15.6. The SMILES string of the molecule is CCOCCn1c(=NC(=O)CSCC(=O)Nc2sc(C(=O)OCC)c(C)c2C(=O)OCC)sc2cc([N+](=O)[O-])ccc21. The molecule has 0 unspecified atom stereocenters. The van der Waals surface area contributed by atoms with E-state index in [0.717, 1.165) is 34.4 Å². The predicted molar refractivity (Wildman–Crippen MR) is 160 cm³/mol. The van der Waals surface area contributed by atoms with Crippen LogP contribution in [-0.2, 0) is 30.3 Å². The lowest BCUT2D eigenvalue weighted by atomic mass is 10.1. The number of amides is 2. The standard InChI is InChI=1S/C26H30N4O9S3/c1-5-37-11-10-29-17-9-8-16(30(35)36)12-18(17)41-26(29)28-20(32)14-40-13-19(31)27-23-21(24(33)38-6-2)15(4)22(42-23)25(34)39-7-3/h8-9,12H,5-7,10-11,13-14H2,1-4H3,(H,27,31). The fourth-order valence-electron chi connectivity index (χ4n) is 3.75. The van der Waals surface area contributed by atoms with Crippen LogP contribution in [0.2, 0.25) is 0 Å². The molecule has 2 amide bonds. The fourth-order valence-corrected chi connectivity index (χ4v) is 6.56. The molecule has 3 rings (SSSR count). The minimum absolute atomic E-state index is 0.0680. The number of carbonyl (C=O) groups excluding carboxylic acids is 4. The normalized spacial score (nSPS) is 11.5. The van der Waals surface area contributed by atoms with Gasteiger partial charge in [-0.2, -0.15) is 4.99 Å². The number of nitrogens with one attached hydrogen (secondary N) is 1. The van der Waals surface area contributed by atoms with E-state index < -0.39 is 28.7 Å². The quantitative estimate of drug-likeness (QED) is 0.117. The van der Waals surface area contributed by atoms with Crippen LogP contribution < -0.4 is 10.1 Å². The van der Waals surface area contributed by atoms with E-state index in [-0.39, 0.29) is 45.8 Å². The average Bonchev–Trinajstić information content (AvgIpc) is 3.44. The molecule has 226 valence electrons. The Hall–Kier alpha value is -3.60. The van der Waals surface area contributed by atoms with Crippen molar-refractivity contribution in [3.8, 4) is 0 Å². The molecule has 2 aromatic heterocycles. The van der Waals surface area contributed by atoms with Gasteiger partial charge in [-0.25, -0.2) is 9.59 Å². The van der Waals surface area contributed by atoms with Crippen LogP contribution in [0.5, 0.6) is 0 Å². The van der Waals surface area contributed by atoms with Crippen LogP contribution in [0.15, 0.2) is 23.2 Å². The number of rotatable bonds is 14. The molecular weight excluding hydrogens is 609 g/mol. The zero-order chi connectivity index (χ0) is 30.8. The van der Waals surface area contributed by atoms with Crippen LogP contribution in [-0.4, -0.2) is 71.2 Å². The Morgan fingerprint density at radius 2 is 1.76 bits per heavy atom. The summed E-state index contributed by atoms with van der Waals surface area (Å²) in [6, 6.07) is 4.44. The maximum Gasteiger partial charge on any atom is 0.348 e. The highest BCUT2D eigenvalue weighted by atomic mass is 32.2. The number of nitrogens with zero attached hydrogens (tertiary/aromatic N) is 3. The van der Waals surface area contributed by atoms with E-state index in [1.165, 1.54) is 12.1 Å². The third kappa shape index (κ3) is 8.24. The summed E-state index contributed by atoms with van der Waals surface area (Å²) in [4.78, 5) is 65.7. The van der Waals surface area contributed by atoms with Crippen molar-refractivity contribution in [2.75, 3.05) is 43.3 Å². The molecule has 0 bridgehead atoms. The highest BCUT2D eigenvalue weighted by Crippen LogP contribution is 2.34. The lowest BCUT2D eigenvalue weighted by Crippen LogP contribution is -2.20. The van der Waals surface area contributed by atoms with Crippen LogP contribution >= 0.6 is 34.4 Å². The smallest absolute Gasteiger partial charge is 0.348 e. The van der Waals surface area contributed by atoms with E-state index in [1.54, 1.807) is 31.4 Å². The van der Waals surface area contributed by atoms with Crippen LogP contribution in [0, 0.1) is 17.0 Å². The summed E-state index contributed by atoms with van der Waals surface area (Å²) >= 11 is 3.09. The summed E-state index contributed by atoms with van der Waals surface area (Å²) in [5, 5.41) is 14.0. The number of thiophene rings is 1. The van der Waals surface area contributed by atoms with Gasteiger partial charge in [-0.05, 0) is 39.3 Å². The van der Waals surface area contributed by atoms with Crippen molar-refractivity contribution in [3.63, 3.8) is 0 Å². The third-order valence-corrected chi connectivity index (χ3v) is 8.71. The summed E-state index contributed by atoms with van der Waals surface area (Å²) in [5.41, 5.74) is 1.05. The number of fused-ring (bicyclic) bond motifs is 1. The molecule has 1 N–H and O–H groups in total. The van der Waals surface area contributed by atoms with E-state index >= 15 is 0 Å². The van der Waals surface area contributed by atoms with Crippen molar-refractivity contribution >= 4 is 79.1 Å². The molecule has 1 aromatic carbocycles. The number of hydrogen-bond donors (Lipinski definition) is 1. The highest BCUT2D eigenvalue weighted by Gasteiger charge is 2.27. The molecule has 0 fully saturated rings. The van der Waals surface area contributed by atoms with Gasteiger partial charge in [0.25, 0.3) is 11.6 Å². The Bertz CT molecular complexity index is 1560. The summed E-state index contributed by atoms with van der Waals surface area (Å²) in [6.45, 7) is 8.27. The van der Waals surface area contributed by atoms with Crippen LogP contribution in [0.3, 0.4) is 0 Å². The number of nitro benzene ring substituents is 1. The molecule has 0 aliphatic carbocycles. The topological polar surface area (TPSA) is 168 Å². The number of aromatic nitrogens is 1. The largest absolute Gasteiger partial charge is 0.462 e. The second-order valence-electron chi connectivity index (χ2n) is 8.39. The predicted octanol–water partition coefficient (Wildman–Crippen LogP) is 4.17. The minimum atomic E-state index is -0.676. The Morgan fingerprint density at radius 3 is 2.43 bits per heavy atom. The van der Waals surface area contributed by atoms with Crippen molar-refractivity contribution in [2.45, 2.75) is 34.2 Å². The van der Waals surface area contributed by atoms with Crippen LogP contribution in [0.1, 0.15) is 46.4 Å². The lowest BCUT2D eigenvalue weighted by Gasteiger charge is -2.07. The van der Waals surface area contributed by atoms with E-state index in [0.29, 0.717) is 40.3 Å². The first-order valence-electron chi connectivity index (χ1n) is 12.9. The number of benzene rings is 1.